The average molecular weight is 396 g/mol. The van der Waals surface area contributed by atoms with E-state index in [1.54, 1.807) is 0 Å². The van der Waals surface area contributed by atoms with Gasteiger partial charge in [0.25, 0.3) is 0 Å². The van der Waals surface area contributed by atoms with Gasteiger partial charge in [-0.2, -0.15) is 0 Å². The molecule has 12 heteroatoms. The first-order valence-electron chi connectivity index (χ1n) is 8.22. The van der Waals surface area contributed by atoms with E-state index in [1.165, 1.54) is 12.0 Å². The van der Waals surface area contributed by atoms with Crippen molar-refractivity contribution in [2.45, 2.75) is 61.3 Å². The minimum Gasteiger partial charge on any atom is -0.388 e. The minimum absolute atomic E-state index is 0.0334. The number of hydrogen-bond acceptors (Lipinski definition) is 10. The van der Waals surface area contributed by atoms with E-state index < -0.39 is 61.3 Å². The number of thiocarbonyl (C=S) groups is 1. The number of nitrogens with zero attached hydrogens (tertiary/aromatic N) is 1. The number of aliphatic hydroxyl groups excluding tert-OH is 6. The van der Waals surface area contributed by atoms with E-state index in [0.717, 1.165) is 0 Å². The number of nitrogens with one attached hydrogen (secondary N) is 1. The van der Waals surface area contributed by atoms with Crippen LogP contribution in [0.5, 0.6) is 0 Å². The molecule has 2 bridgehead atoms. The summed E-state index contributed by atoms with van der Waals surface area (Å²) < 4.78 is 15.7. The summed E-state index contributed by atoms with van der Waals surface area (Å²) >= 11 is 5.28. The molecule has 0 saturated carbocycles. The lowest BCUT2D eigenvalue weighted by atomic mass is 9.95. The summed E-state index contributed by atoms with van der Waals surface area (Å²) in [6, 6.07) is -0.630. The van der Waals surface area contributed by atoms with Gasteiger partial charge in [0.05, 0.1) is 12.6 Å². The number of piperidine rings is 1. The molecule has 11 nitrogen and oxygen atoms in total. The number of methoxy groups -OCH3 is 1. The van der Waals surface area contributed by atoms with Gasteiger partial charge in [-0.25, -0.2) is 0 Å². The molecular weight excluding hydrogens is 372 g/mol. The second kappa shape index (κ2) is 7.75. The van der Waals surface area contributed by atoms with Gasteiger partial charge < -0.3 is 55.1 Å². The fourth-order valence-electron chi connectivity index (χ4n) is 3.50. The molecule has 0 aromatic carbocycles. The molecule has 3 aliphatic heterocycles. The number of fused-ring (bicyclic) bond motifs is 2. The average Bonchev–Trinajstić information content (AvgIpc) is 3.04. The monoisotopic (exact) mass is 396 g/mol. The smallest absolute Gasteiger partial charge is 0.186 e. The highest BCUT2D eigenvalue weighted by molar-refractivity contribution is 7.80. The van der Waals surface area contributed by atoms with Crippen LogP contribution in [0.1, 0.15) is 0 Å². The SMILES string of the molecule is CO[C@H]1O[C@H](CNC(=S)N2[C@@H]3OC[C@H]2[C@@H](O)[C@H](O)[C@H]3O)[C@@H](O)[C@H](O)[C@H]1O. The van der Waals surface area contributed by atoms with E-state index >= 15 is 0 Å². The molecule has 7 N–H and O–H groups in total. The topological polar surface area (TPSA) is 164 Å². The van der Waals surface area contributed by atoms with Crippen molar-refractivity contribution >= 4 is 17.3 Å². The van der Waals surface area contributed by atoms with Crippen LogP contribution in [-0.4, -0.2) is 122 Å². The molecule has 0 aliphatic carbocycles. The van der Waals surface area contributed by atoms with Crippen molar-refractivity contribution < 1.29 is 44.8 Å². The first kappa shape index (κ1) is 20.1. The van der Waals surface area contributed by atoms with Crippen LogP contribution in [0.15, 0.2) is 0 Å². The molecule has 150 valence electrons. The maximum Gasteiger partial charge on any atom is 0.186 e. The van der Waals surface area contributed by atoms with Crippen LogP contribution in [0.3, 0.4) is 0 Å². The van der Waals surface area contributed by atoms with Crippen molar-refractivity contribution in [3.63, 3.8) is 0 Å². The van der Waals surface area contributed by atoms with Crippen LogP contribution in [0.25, 0.3) is 0 Å². The summed E-state index contributed by atoms with van der Waals surface area (Å²) in [4.78, 5) is 1.45. The Labute approximate surface area is 154 Å². The van der Waals surface area contributed by atoms with E-state index in [2.05, 4.69) is 5.32 Å². The van der Waals surface area contributed by atoms with Crippen LogP contribution < -0.4 is 5.32 Å². The Balaban J connectivity index is 1.62. The Kier molecular flexibility index (Phi) is 5.99. The van der Waals surface area contributed by atoms with Crippen molar-refractivity contribution in [1.82, 2.24) is 10.2 Å². The lowest BCUT2D eigenvalue weighted by molar-refractivity contribution is -0.288. The fourth-order valence-corrected chi connectivity index (χ4v) is 3.82. The van der Waals surface area contributed by atoms with Crippen molar-refractivity contribution in [3.8, 4) is 0 Å². The van der Waals surface area contributed by atoms with Crippen LogP contribution in [-0.2, 0) is 14.2 Å². The van der Waals surface area contributed by atoms with E-state index in [-0.39, 0.29) is 18.3 Å². The molecule has 0 amide bonds. The molecule has 26 heavy (non-hydrogen) atoms. The Morgan fingerprint density at radius 2 is 1.69 bits per heavy atom. The van der Waals surface area contributed by atoms with Gasteiger partial charge in [-0.3, -0.25) is 0 Å². The molecule has 0 aromatic heterocycles. The number of rotatable bonds is 3. The lowest BCUT2D eigenvalue weighted by Crippen LogP contribution is -2.66. The maximum absolute atomic E-state index is 10.1. The Morgan fingerprint density at radius 1 is 1.04 bits per heavy atom. The third kappa shape index (κ3) is 3.30. The quantitative estimate of drug-likeness (QED) is 0.229. The lowest BCUT2D eigenvalue weighted by Gasteiger charge is -2.43. The van der Waals surface area contributed by atoms with E-state index in [0.29, 0.717) is 0 Å². The maximum atomic E-state index is 10.1. The zero-order valence-electron chi connectivity index (χ0n) is 14.0. The highest BCUT2D eigenvalue weighted by Crippen LogP contribution is 2.31. The fraction of sp³-hybridized carbons (Fsp3) is 0.929. The highest BCUT2D eigenvalue weighted by atomic mass is 32.1. The van der Waals surface area contributed by atoms with Gasteiger partial charge in [-0.15, -0.1) is 0 Å². The predicted octanol–water partition coefficient (Wildman–Crippen LogP) is -4.56. The van der Waals surface area contributed by atoms with Gasteiger partial charge in [0.2, 0.25) is 0 Å². The highest BCUT2D eigenvalue weighted by Gasteiger charge is 2.54. The zero-order valence-corrected chi connectivity index (χ0v) is 14.8. The van der Waals surface area contributed by atoms with Crippen LogP contribution in [0.4, 0.5) is 0 Å². The third-order valence-electron chi connectivity index (χ3n) is 5.05. The van der Waals surface area contributed by atoms with Gasteiger partial charge in [0, 0.05) is 13.7 Å². The van der Waals surface area contributed by atoms with E-state index in [4.69, 9.17) is 26.4 Å². The van der Waals surface area contributed by atoms with Crippen LogP contribution >= 0.6 is 12.2 Å². The molecule has 3 aliphatic rings. The molecule has 0 aromatic rings. The van der Waals surface area contributed by atoms with Gasteiger partial charge in [-0.05, 0) is 12.2 Å². The Bertz CT molecular complexity index is 509. The molecular formula is C14H24N2O9S. The molecule has 0 unspecified atom stereocenters. The molecule has 3 rings (SSSR count). The largest absolute Gasteiger partial charge is 0.388 e. The van der Waals surface area contributed by atoms with Gasteiger partial charge >= 0.3 is 0 Å². The molecule has 10 atom stereocenters. The summed E-state index contributed by atoms with van der Waals surface area (Å²) in [5, 5.41) is 62.6. The molecule has 3 heterocycles. The van der Waals surface area contributed by atoms with Crippen molar-refractivity contribution in [2.75, 3.05) is 20.3 Å². The van der Waals surface area contributed by atoms with E-state index in [1.807, 2.05) is 0 Å². The third-order valence-corrected chi connectivity index (χ3v) is 5.40. The Hall–Kier alpha value is -0.670. The van der Waals surface area contributed by atoms with Crippen LogP contribution in [0.2, 0.25) is 0 Å². The van der Waals surface area contributed by atoms with Gasteiger partial charge in [0.15, 0.2) is 17.6 Å². The summed E-state index contributed by atoms with van der Waals surface area (Å²) in [5.41, 5.74) is 0. The zero-order chi connectivity index (χ0) is 19.2. The predicted molar refractivity (Wildman–Crippen MR) is 87.7 cm³/mol. The summed E-state index contributed by atoms with van der Waals surface area (Å²) in [5.74, 6) is 0. The van der Waals surface area contributed by atoms with Crippen molar-refractivity contribution in [3.05, 3.63) is 0 Å². The number of aliphatic hydroxyl groups is 6. The summed E-state index contributed by atoms with van der Waals surface area (Å²) in [6.45, 7) is 0.0509. The molecule has 0 radical (unpaired) electrons. The first-order chi connectivity index (χ1) is 12.3. The van der Waals surface area contributed by atoms with Gasteiger partial charge in [-0.1, -0.05) is 0 Å². The first-order valence-corrected chi connectivity index (χ1v) is 8.63. The number of hydrogen-bond donors (Lipinski definition) is 7. The minimum atomic E-state index is -1.46. The second-order valence-electron chi connectivity index (χ2n) is 6.61. The summed E-state index contributed by atoms with van der Waals surface area (Å²) in [6.07, 6.45) is -11.1. The van der Waals surface area contributed by atoms with Crippen molar-refractivity contribution in [1.29, 1.82) is 0 Å². The van der Waals surface area contributed by atoms with Crippen molar-refractivity contribution in [2.24, 2.45) is 0 Å². The second-order valence-corrected chi connectivity index (χ2v) is 6.99. The Morgan fingerprint density at radius 3 is 2.35 bits per heavy atom. The summed E-state index contributed by atoms with van der Waals surface area (Å²) in [7, 11) is 1.30. The van der Waals surface area contributed by atoms with Gasteiger partial charge in [0.1, 0.15) is 42.7 Å². The van der Waals surface area contributed by atoms with Crippen LogP contribution in [0, 0.1) is 0 Å². The normalized spacial score (nSPS) is 48.5. The molecule has 3 saturated heterocycles. The van der Waals surface area contributed by atoms with E-state index in [9.17, 15) is 30.6 Å². The molecule has 0 spiro atoms. The standard InChI is InChI=1S/C14H24N2O9S/c1-23-13-11(22)9(20)7(18)5(25-13)2-15-14(26)16-4-3-24-12(16)10(21)8(19)6(4)17/h4-13,17-22H,2-3H2,1H3,(H,15,26)/t4-,5+,6+,7+,8-,9-,10+,11+,12+,13-/m0/s1. The molecule has 3 fully saturated rings. The number of ether oxygens (including phenoxy) is 3.